The molecule has 0 unspecified atom stereocenters. The van der Waals surface area contributed by atoms with Gasteiger partial charge in [-0.3, -0.25) is 9.52 Å². The first kappa shape index (κ1) is 24.6. The van der Waals surface area contributed by atoms with E-state index in [2.05, 4.69) is 15.0 Å². The molecule has 9 heteroatoms. The summed E-state index contributed by atoms with van der Waals surface area (Å²) in [5, 5.41) is 2.88. The van der Waals surface area contributed by atoms with E-state index in [0.717, 1.165) is 27.1 Å². The lowest BCUT2D eigenvalue weighted by molar-refractivity contribution is -0.113. The van der Waals surface area contributed by atoms with Gasteiger partial charge in [0.15, 0.2) is 5.58 Å². The molecule has 0 aliphatic heterocycles. The molecule has 0 fully saturated rings. The topological polar surface area (TPSA) is 101 Å². The average Bonchev–Trinajstić information content (AvgIpc) is 3.33. The zero-order valence-electron chi connectivity index (χ0n) is 19.8. The summed E-state index contributed by atoms with van der Waals surface area (Å²) in [4.78, 5) is 18.0. The first-order chi connectivity index (χ1) is 17.9. The van der Waals surface area contributed by atoms with Crippen LogP contribution in [0.25, 0.3) is 22.6 Å². The van der Waals surface area contributed by atoms with Crippen molar-refractivity contribution in [2.24, 2.45) is 0 Å². The summed E-state index contributed by atoms with van der Waals surface area (Å²) in [5.74, 6) is 0.587. The van der Waals surface area contributed by atoms with Crippen molar-refractivity contribution in [2.75, 3.05) is 15.8 Å². The Morgan fingerprint density at radius 1 is 0.865 bits per heavy atom. The second-order valence-corrected chi connectivity index (χ2v) is 11.1. The van der Waals surface area contributed by atoms with Crippen LogP contribution in [0.15, 0.2) is 111 Å². The number of hydrogen-bond donors (Lipinski definition) is 2. The van der Waals surface area contributed by atoms with Gasteiger partial charge in [-0.1, -0.05) is 29.8 Å². The largest absolute Gasteiger partial charge is 0.436 e. The Labute approximate surface area is 219 Å². The van der Waals surface area contributed by atoms with E-state index < -0.39 is 10.0 Å². The Balaban J connectivity index is 1.14. The number of sulfonamides is 1. The summed E-state index contributed by atoms with van der Waals surface area (Å²) >= 11 is 1.36. The highest BCUT2D eigenvalue weighted by atomic mass is 32.2. The number of anilines is 2. The molecule has 0 saturated carbocycles. The zero-order valence-corrected chi connectivity index (χ0v) is 21.5. The monoisotopic (exact) mass is 529 g/mol. The fraction of sp³-hybridized carbons (Fsp3) is 0.0714. The molecule has 0 aliphatic rings. The minimum Gasteiger partial charge on any atom is -0.436 e. The highest BCUT2D eigenvalue weighted by molar-refractivity contribution is 8.00. The van der Waals surface area contributed by atoms with E-state index >= 15 is 0 Å². The van der Waals surface area contributed by atoms with Crippen molar-refractivity contribution in [3.8, 4) is 11.5 Å². The lowest BCUT2D eigenvalue weighted by Crippen LogP contribution is -2.14. The molecule has 2 N–H and O–H groups in total. The average molecular weight is 530 g/mol. The first-order valence-corrected chi connectivity index (χ1v) is 13.9. The van der Waals surface area contributed by atoms with Crippen LogP contribution in [-0.4, -0.2) is 25.1 Å². The van der Waals surface area contributed by atoms with Gasteiger partial charge in [0.1, 0.15) is 5.52 Å². The number of thioether (sulfide) groups is 1. The summed E-state index contributed by atoms with van der Waals surface area (Å²) in [5.41, 5.74) is 4.45. The Bertz CT molecular complexity index is 1610. The van der Waals surface area contributed by atoms with Crippen LogP contribution in [-0.2, 0) is 14.8 Å². The molecule has 1 amide bonds. The molecule has 5 rings (SSSR count). The summed E-state index contributed by atoms with van der Waals surface area (Å²) < 4.78 is 33.5. The number of nitrogens with one attached hydrogen (secondary N) is 2. The molecule has 0 saturated heterocycles. The minimum atomic E-state index is -3.66. The highest BCUT2D eigenvalue weighted by Crippen LogP contribution is 2.26. The quantitative estimate of drug-likeness (QED) is 0.228. The second kappa shape index (κ2) is 10.5. The first-order valence-electron chi connectivity index (χ1n) is 11.4. The Morgan fingerprint density at radius 2 is 1.54 bits per heavy atom. The van der Waals surface area contributed by atoms with Gasteiger partial charge >= 0.3 is 0 Å². The van der Waals surface area contributed by atoms with Gasteiger partial charge in [-0.25, -0.2) is 13.4 Å². The van der Waals surface area contributed by atoms with Gasteiger partial charge in [-0.05, 0) is 79.7 Å². The molecule has 7 nitrogen and oxygen atoms in total. The number of aryl methyl sites for hydroxylation is 1. The number of hydrogen-bond acceptors (Lipinski definition) is 6. The van der Waals surface area contributed by atoms with Gasteiger partial charge < -0.3 is 9.73 Å². The summed E-state index contributed by atoms with van der Waals surface area (Å²) in [6, 6.07) is 28.5. The maximum absolute atomic E-state index is 12.6. The van der Waals surface area contributed by atoms with Crippen molar-refractivity contribution in [3.05, 3.63) is 103 Å². The Kier molecular flexibility index (Phi) is 6.98. The standard InChI is InChI=1S/C28H23N3O4S2/c1-19-6-16-24(17-7-19)37(33,34)31-22-12-14-23(15-13-22)36-18-27(32)29-21-10-8-20(9-11-21)28-30-25-4-2-3-5-26(25)35-28/h2-17,31H,18H2,1H3,(H,29,32). The molecule has 5 aromatic rings. The molecule has 0 bridgehead atoms. The van der Waals surface area contributed by atoms with Crippen molar-refractivity contribution in [1.82, 2.24) is 4.98 Å². The summed E-state index contributed by atoms with van der Waals surface area (Å²) in [6.07, 6.45) is 0. The predicted octanol–water partition coefficient (Wildman–Crippen LogP) is 6.33. The van der Waals surface area contributed by atoms with Crippen LogP contribution in [0, 0.1) is 6.92 Å². The lowest BCUT2D eigenvalue weighted by Gasteiger charge is -2.09. The molecule has 186 valence electrons. The van der Waals surface area contributed by atoms with Crippen molar-refractivity contribution in [1.29, 1.82) is 0 Å². The van der Waals surface area contributed by atoms with Crippen LogP contribution in [0.1, 0.15) is 5.56 Å². The SMILES string of the molecule is Cc1ccc(S(=O)(=O)Nc2ccc(SCC(=O)Nc3ccc(-c4nc5ccccc5o4)cc3)cc2)cc1. The zero-order chi connectivity index (χ0) is 25.8. The van der Waals surface area contributed by atoms with Gasteiger partial charge in [-0.2, -0.15) is 0 Å². The van der Waals surface area contributed by atoms with Crippen LogP contribution in [0.4, 0.5) is 11.4 Å². The number of aromatic nitrogens is 1. The van der Waals surface area contributed by atoms with Gasteiger partial charge in [-0.15, -0.1) is 11.8 Å². The molecule has 1 heterocycles. The molecule has 0 radical (unpaired) electrons. The minimum absolute atomic E-state index is 0.149. The predicted molar refractivity (Wildman–Crippen MR) is 147 cm³/mol. The molecule has 0 aliphatic carbocycles. The van der Waals surface area contributed by atoms with E-state index in [-0.39, 0.29) is 16.6 Å². The van der Waals surface area contributed by atoms with Gasteiger partial charge in [0.25, 0.3) is 10.0 Å². The van der Waals surface area contributed by atoms with E-state index in [1.807, 2.05) is 55.5 Å². The number of amides is 1. The fourth-order valence-corrected chi connectivity index (χ4v) is 5.35. The number of carbonyl (C=O) groups is 1. The number of fused-ring (bicyclic) bond motifs is 1. The molecule has 1 aromatic heterocycles. The van der Waals surface area contributed by atoms with Crippen LogP contribution in [0.3, 0.4) is 0 Å². The number of nitrogens with zero attached hydrogens (tertiary/aromatic N) is 1. The molecule has 37 heavy (non-hydrogen) atoms. The number of para-hydroxylation sites is 2. The van der Waals surface area contributed by atoms with E-state index in [9.17, 15) is 13.2 Å². The molecular formula is C28H23N3O4S2. The van der Waals surface area contributed by atoms with Crippen LogP contribution in [0.2, 0.25) is 0 Å². The van der Waals surface area contributed by atoms with Crippen molar-refractivity contribution < 1.29 is 17.6 Å². The third kappa shape index (κ3) is 6.02. The van der Waals surface area contributed by atoms with E-state index in [1.165, 1.54) is 11.8 Å². The number of oxazole rings is 1. The lowest BCUT2D eigenvalue weighted by atomic mass is 10.2. The van der Waals surface area contributed by atoms with Crippen molar-refractivity contribution in [3.63, 3.8) is 0 Å². The maximum Gasteiger partial charge on any atom is 0.261 e. The van der Waals surface area contributed by atoms with Crippen LogP contribution < -0.4 is 10.0 Å². The summed E-state index contributed by atoms with van der Waals surface area (Å²) in [7, 11) is -3.66. The van der Waals surface area contributed by atoms with E-state index in [4.69, 9.17) is 4.42 Å². The smallest absolute Gasteiger partial charge is 0.261 e. The number of benzene rings is 4. The van der Waals surface area contributed by atoms with Crippen molar-refractivity contribution in [2.45, 2.75) is 16.7 Å². The second-order valence-electron chi connectivity index (χ2n) is 8.34. The van der Waals surface area contributed by atoms with E-state index in [1.54, 1.807) is 48.5 Å². The Hall–Kier alpha value is -4.08. The number of rotatable bonds is 8. The Morgan fingerprint density at radius 3 is 2.24 bits per heavy atom. The third-order valence-electron chi connectivity index (χ3n) is 5.52. The molecule has 0 atom stereocenters. The summed E-state index contributed by atoms with van der Waals surface area (Å²) in [6.45, 7) is 1.90. The molecule has 4 aromatic carbocycles. The van der Waals surface area contributed by atoms with Crippen LogP contribution in [0.5, 0.6) is 0 Å². The number of carbonyl (C=O) groups excluding carboxylic acids is 1. The maximum atomic E-state index is 12.6. The van der Waals surface area contributed by atoms with Gasteiger partial charge in [0.05, 0.1) is 10.6 Å². The van der Waals surface area contributed by atoms with Crippen molar-refractivity contribution >= 4 is 50.2 Å². The molecule has 0 spiro atoms. The molecular weight excluding hydrogens is 506 g/mol. The van der Waals surface area contributed by atoms with Crippen LogP contribution >= 0.6 is 11.8 Å². The van der Waals surface area contributed by atoms with Gasteiger partial charge in [0.2, 0.25) is 11.8 Å². The van der Waals surface area contributed by atoms with E-state index in [0.29, 0.717) is 17.3 Å². The fourth-order valence-electron chi connectivity index (χ4n) is 3.59. The third-order valence-corrected chi connectivity index (χ3v) is 7.93. The highest BCUT2D eigenvalue weighted by Gasteiger charge is 2.14. The normalized spacial score (nSPS) is 11.4. The van der Waals surface area contributed by atoms with Gasteiger partial charge in [0, 0.05) is 21.8 Å².